The zero-order chi connectivity index (χ0) is 5.15. The fourth-order valence-corrected chi connectivity index (χ4v) is 0. The second kappa shape index (κ2) is 9.94. The SMILES string of the molecule is N.O.O.O=C(O)C(=O)O. The average molecular weight is 143 g/mol. The molecule has 58 valence electrons. The predicted octanol–water partition coefficient (Wildman–Crippen LogP) is -2.33. The van der Waals surface area contributed by atoms with E-state index in [1.54, 1.807) is 0 Å². The monoisotopic (exact) mass is 143 g/mol. The van der Waals surface area contributed by atoms with Crippen LogP contribution >= 0.6 is 0 Å². The summed E-state index contributed by atoms with van der Waals surface area (Å²) < 4.78 is 0. The molecule has 0 saturated heterocycles. The van der Waals surface area contributed by atoms with E-state index in [1.165, 1.54) is 0 Å². The van der Waals surface area contributed by atoms with Crippen LogP contribution in [0.25, 0.3) is 0 Å². The zero-order valence-corrected chi connectivity index (χ0v) is 4.42. The minimum absolute atomic E-state index is 0. The van der Waals surface area contributed by atoms with Gasteiger partial charge in [-0.15, -0.1) is 0 Å². The molecule has 0 bridgehead atoms. The standard InChI is InChI=1S/C2H2O4.H3N.2H2O/c3-1(4)2(5)6;;;/h(H,3,4)(H,5,6);1H3;2*1H2. The molecule has 0 saturated carbocycles. The number of carbonyl (C=O) groups is 2. The van der Waals surface area contributed by atoms with Gasteiger partial charge in [0.05, 0.1) is 0 Å². The van der Waals surface area contributed by atoms with Gasteiger partial charge in [-0.1, -0.05) is 0 Å². The molecule has 0 unspecified atom stereocenters. The Labute approximate surface area is 50.1 Å². The van der Waals surface area contributed by atoms with Gasteiger partial charge in [-0.25, -0.2) is 9.59 Å². The third-order valence-electron chi connectivity index (χ3n) is 0.183. The van der Waals surface area contributed by atoms with E-state index in [1.807, 2.05) is 0 Å². The normalized spacial score (nSPS) is 4.89. The van der Waals surface area contributed by atoms with Gasteiger partial charge in [-0.2, -0.15) is 0 Å². The van der Waals surface area contributed by atoms with Gasteiger partial charge in [0.2, 0.25) is 0 Å². The summed E-state index contributed by atoms with van der Waals surface area (Å²) in [6.07, 6.45) is 0. The molecule has 0 amide bonds. The largest absolute Gasteiger partial charge is 0.473 e. The zero-order valence-electron chi connectivity index (χ0n) is 4.42. The van der Waals surface area contributed by atoms with Gasteiger partial charge in [-0.3, -0.25) is 0 Å². The van der Waals surface area contributed by atoms with E-state index in [2.05, 4.69) is 0 Å². The Kier molecular flexibility index (Phi) is 27.5. The van der Waals surface area contributed by atoms with Crippen LogP contribution in [0.3, 0.4) is 0 Å². The molecule has 7 nitrogen and oxygen atoms in total. The molecule has 0 aromatic rings. The molecule has 0 aromatic heterocycles. The van der Waals surface area contributed by atoms with E-state index in [0.29, 0.717) is 0 Å². The second-order valence-corrected chi connectivity index (χ2v) is 0.610. The van der Waals surface area contributed by atoms with Gasteiger partial charge >= 0.3 is 11.9 Å². The van der Waals surface area contributed by atoms with Gasteiger partial charge < -0.3 is 27.3 Å². The van der Waals surface area contributed by atoms with Gasteiger partial charge in [0.25, 0.3) is 0 Å². The van der Waals surface area contributed by atoms with Crippen molar-refractivity contribution in [2.45, 2.75) is 0 Å². The van der Waals surface area contributed by atoms with E-state index in [4.69, 9.17) is 19.8 Å². The molecule has 0 fully saturated rings. The first-order valence-electron chi connectivity index (χ1n) is 1.11. The molecular weight excluding hydrogens is 134 g/mol. The molecule has 0 aliphatic heterocycles. The molecule has 0 rings (SSSR count). The highest BCUT2D eigenvalue weighted by Gasteiger charge is 2.04. The van der Waals surface area contributed by atoms with Crippen LogP contribution in [0, 0.1) is 0 Å². The number of carboxylic acids is 2. The summed E-state index contributed by atoms with van der Waals surface area (Å²) in [5, 5.41) is 14.8. The summed E-state index contributed by atoms with van der Waals surface area (Å²) >= 11 is 0. The van der Waals surface area contributed by atoms with E-state index in [-0.39, 0.29) is 17.1 Å². The fraction of sp³-hybridized carbons (Fsp3) is 0. The predicted molar refractivity (Wildman–Crippen MR) is 27.5 cm³/mol. The third-order valence-corrected chi connectivity index (χ3v) is 0.183. The van der Waals surface area contributed by atoms with Crippen molar-refractivity contribution in [1.29, 1.82) is 0 Å². The highest BCUT2D eigenvalue weighted by atomic mass is 16.4. The van der Waals surface area contributed by atoms with Crippen molar-refractivity contribution < 1.29 is 30.8 Å². The number of hydrogen-bond acceptors (Lipinski definition) is 3. The maximum atomic E-state index is 9.10. The highest BCUT2D eigenvalue weighted by Crippen LogP contribution is 1.56. The van der Waals surface area contributed by atoms with Crippen molar-refractivity contribution >= 4 is 11.9 Å². The molecule has 0 spiro atoms. The molecule has 9 heavy (non-hydrogen) atoms. The summed E-state index contributed by atoms with van der Waals surface area (Å²) in [5.41, 5.74) is 0. The maximum absolute atomic E-state index is 9.10. The van der Waals surface area contributed by atoms with Crippen LogP contribution in [0.1, 0.15) is 0 Å². The van der Waals surface area contributed by atoms with Crippen molar-refractivity contribution in [3.8, 4) is 0 Å². The Balaban J connectivity index is -0.0000000417. The molecule has 0 heterocycles. The van der Waals surface area contributed by atoms with Crippen LogP contribution in [0.4, 0.5) is 0 Å². The Morgan fingerprint density at radius 1 is 0.889 bits per heavy atom. The van der Waals surface area contributed by atoms with Crippen molar-refractivity contribution in [3.05, 3.63) is 0 Å². The first-order chi connectivity index (χ1) is 2.64. The Morgan fingerprint density at radius 2 is 1.00 bits per heavy atom. The minimum Gasteiger partial charge on any atom is -0.473 e. The first kappa shape index (κ1) is 24.9. The van der Waals surface area contributed by atoms with Crippen LogP contribution in [-0.2, 0) is 9.59 Å². The summed E-state index contributed by atoms with van der Waals surface area (Å²) in [6.45, 7) is 0. The van der Waals surface area contributed by atoms with Crippen molar-refractivity contribution in [2.75, 3.05) is 0 Å². The number of carboxylic acid groups (broad SMARTS) is 2. The lowest BCUT2D eigenvalue weighted by Crippen LogP contribution is -2.09. The molecular formula is C2H9NO6. The molecule has 0 aliphatic rings. The van der Waals surface area contributed by atoms with Crippen molar-refractivity contribution in [1.82, 2.24) is 6.15 Å². The van der Waals surface area contributed by atoms with E-state index < -0.39 is 11.9 Å². The molecule has 9 N–H and O–H groups in total. The van der Waals surface area contributed by atoms with Crippen LogP contribution < -0.4 is 6.15 Å². The van der Waals surface area contributed by atoms with Crippen molar-refractivity contribution in [2.24, 2.45) is 0 Å². The van der Waals surface area contributed by atoms with Crippen LogP contribution in [-0.4, -0.2) is 33.1 Å². The van der Waals surface area contributed by atoms with Crippen LogP contribution in [0.2, 0.25) is 0 Å². The van der Waals surface area contributed by atoms with Gasteiger partial charge in [0.15, 0.2) is 0 Å². The topological polar surface area (TPSA) is 173 Å². The van der Waals surface area contributed by atoms with Gasteiger partial charge in [-0.05, 0) is 0 Å². The number of aliphatic carboxylic acids is 2. The van der Waals surface area contributed by atoms with E-state index >= 15 is 0 Å². The molecule has 0 atom stereocenters. The molecule has 0 aromatic carbocycles. The lowest BCUT2D eigenvalue weighted by Gasteiger charge is -1.72. The lowest BCUT2D eigenvalue weighted by atomic mass is 10.7. The Bertz CT molecular complexity index is 77.1. The lowest BCUT2D eigenvalue weighted by molar-refractivity contribution is -0.159. The number of hydrogen-bond donors (Lipinski definition) is 3. The minimum atomic E-state index is -1.82. The van der Waals surface area contributed by atoms with Gasteiger partial charge in [0.1, 0.15) is 0 Å². The molecule has 0 aliphatic carbocycles. The van der Waals surface area contributed by atoms with Crippen molar-refractivity contribution in [3.63, 3.8) is 0 Å². The van der Waals surface area contributed by atoms with E-state index in [0.717, 1.165) is 0 Å². The highest BCUT2D eigenvalue weighted by molar-refractivity contribution is 6.27. The van der Waals surface area contributed by atoms with Crippen LogP contribution in [0.5, 0.6) is 0 Å². The van der Waals surface area contributed by atoms with Gasteiger partial charge in [0, 0.05) is 0 Å². The second-order valence-electron chi connectivity index (χ2n) is 0.610. The fourth-order valence-electron chi connectivity index (χ4n) is 0. The summed E-state index contributed by atoms with van der Waals surface area (Å²) in [7, 11) is 0. The smallest absolute Gasteiger partial charge is 0.414 e. The Hall–Kier alpha value is -1.18. The Morgan fingerprint density at radius 3 is 1.00 bits per heavy atom. The summed E-state index contributed by atoms with van der Waals surface area (Å²) in [5.74, 6) is -3.65. The number of rotatable bonds is 0. The average Bonchev–Trinajstić information content (AvgIpc) is 1.36. The van der Waals surface area contributed by atoms with Crippen LogP contribution in [0.15, 0.2) is 0 Å². The quantitative estimate of drug-likeness (QED) is 0.322. The third kappa shape index (κ3) is 19.9. The first-order valence-corrected chi connectivity index (χ1v) is 1.11. The molecule has 0 radical (unpaired) electrons. The summed E-state index contributed by atoms with van der Waals surface area (Å²) in [6, 6.07) is 0. The van der Waals surface area contributed by atoms with E-state index in [9.17, 15) is 0 Å². The maximum Gasteiger partial charge on any atom is 0.414 e. The molecule has 7 heteroatoms. The summed E-state index contributed by atoms with van der Waals surface area (Å²) in [4.78, 5) is 18.2.